The van der Waals surface area contributed by atoms with Gasteiger partial charge in [-0.3, -0.25) is 5.10 Å². The number of hydrogen-bond donors (Lipinski definition) is 1. The Morgan fingerprint density at radius 2 is 2.29 bits per heavy atom. The van der Waals surface area contributed by atoms with Gasteiger partial charge in [0.25, 0.3) is 0 Å². The van der Waals surface area contributed by atoms with Crippen LogP contribution < -0.4 is 0 Å². The smallest absolute Gasteiger partial charge is 0.360 e. The molecule has 0 bridgehead atoms. The van der Waals surface area contributed by atoms with Crippen molar-refractivity contribution in [1.29, 1.82) is 0 Å². The first kappa shape index (κ1) is 13.7. The Labute approximate surface area is 127 Å². The summed E-state index contributed by atoms with van der Waals surface area (Å²) < 4.78 is 7.68. The lowest BCUT2D eigenvalue weighted by Crippen LogP contribution is -2.13. The number of fused-ring (bicyclic) bond motifs is 1. The lowest BCUT2D eigenvalue weighted by atomic mass is 10.2. The number of aromatic nitrogens is 6. The second kappa shape index (κ2) is 5.24. The number of ether oxygens (including phenoxy) is 1. The molecule has 0 amide bonds. The summed E-state index contributed by atoms with van der Waals surface area (Å²) in [5, 5.41) is 18.5. The molecule has 1 atom stereocenters. The first-order valence-electron chi connectivity index (χ1n) is 6.13. The predicted octanol–water partition coefficient (Wildman–Crippen LogP) is 1.77. The van der Waals surface area contributed by atoms with Crippen LogP contribution in [0.5, 0.6) is 0 Å². The number of carbonyl (C=O) groups is 1. The van der Waals surface area contributed by atoms with Gasteiger partial charge in [0.05, 0.1) is 5.52 Å². The molecule has 0 aliphatic rings. The lowest BCUT2D eigenvalue weighted by molar-refractivity contribution is 0.0307. The van der Waals surface area contributed by atoms with Gasteiger partial charge in [-0.2, -0.15) is 5.10 Å². The van der Waals surface area contributed by atoms with Crippen LogP contribution in [0.4, 0.5) is 0 Å². The van der Waals surface area contributed by atoms with Gasteiger partial charge in [0.2, 0.25) is 0 Å². The number of nitrogens with zero attached hydrogens (tertiary/aromatic N) is 5. The van der Waals surface area contributed by atoms with Crippen LogP contribution in [0, 0.1) is 0 Å². The molecular formula is C12H11BrN6O2. The van der Waals surface area contributed by atoms with E-state index in [1.807, 2.05) is 18.2 Å². The van der Waals surface area contributed by atoms with Gasteiger partial charge in [0.1, 0.15) is 0 Å². The molecule has 2 heterocycles. The van der Waals surface area contributed by atoms with E-state index in [1.54, 1.807) is 14.0 Å². The predicted molar refractivity (Wildman–Crippen MR) is 76.4 cm³/mol. The zero-order valence-corrected chi connectivity index (χ0v) is 12.8. The second-order valence-electron chi connectivity index (χ2n) is 4.47. The average molecular weight is 351 g/mol. The van der Waals surface area contributed by atoms with Crippen LogP contribution in [-0.4, -0.2) is 36.4 Å². The van der Waals surface area contributed by atoms with Crippen LogP contribution in [-0.2, 0) is 11.8 Å². The van der Waals surface area contributed by atoms with Gasteiger partial charge in [-0.15, -0.1) is 5.10 Å². The summed E-state index contributed by atoms with van der Waals surface area (Å²) in [4.78, 5) is 12.3. The Morgan fingerprint density at radius 1 is 1.48 bits per heavy atom. The first-order chi connectivity index (χ1) is 10.1. The highest BCUT2D eigenvalue weighted by molar-refractivity contribution is 9.10. The molecule has 0 saturated heterocycles. The molecule has 2 aromatic heterocycles. The SMILES string of the molecule is CC(OC(=O)c1n[nH]c2ccc(Br)cc12)c1nnnn1C. The highest BCUT2D eigenvalue weighted by Crippen LogP contribution is 2.23. The normalized spacial score (nSPS) is 12.5. The van der Waals surface area contributed by atoms with Crippen LogP contribution in [0.1, 0.15) is 29.3 Å². The number of H-pyrrole nitrogens is 1. The summed E-state index contributed by atoms with van der Waals surface area (Å²) in [7, 11) is 1.68. The fourth-order valence-electron chi connectivity index (χ4n) is 1.99. The van der Waals surface area contributed by atoms with Crippen molar-refractivity contribution in [2.45, 2.75) is 13.0 Å². The van der Waals surface area contributed by atoms with E-state index in [2.05, 4.69) is 41.7 Å². The minimum atomic E-state index is -0.573. The molecule has 0 aliphatic carbocycles. The van der Waals surface area contributed by atoms with Crippen LogP contribution in [0.15, 0.2) is 22.7 Å². The topological polar surface area (TPSA) is 98.6 Å². The molecule has 3 rings (SSSR count). The maximum Gasteiger partial charge on any atom is 0.360 e. The van der Waals surface area contributed by atoms with Gasteiger partial charge in [-0.25, -0.2) is 9.48 Å². The van der Waals surface area contributed by atoms with Crippen molar-refractivity contribution in [3.05, 3.63) is 34.2 Å². The highest BCUT2D eigenvalue weighted by atomic mass is 79.9. The number of aromatic amines is 1. The third-order valence-electron chi connectivity index (χ3n) is 3.02. The van der Waals surface area contributed by atoms with Gasteiger partial charge < -0.3 is 4.74 Å². The third kappa shape index (κ3) is 2.51. The fourth-order valence-corrected chi connectivity index (χ4v) is 2.35. The molecule has 1 unspecified atom stereocenters. The van der Waals surface area contributed by atoms with Gasteiger partial charge in [-0.05, 0) is 35.5 Å². The van der Waals surface area contributed by atoms with E-state index in [9.17, 15) is 4.79 Å². The first-order valence-corrected chi connectivity index (χ1v) is 6.92. The van der Waals surface area contributed by atoms with E-state index in [4.69, 9.17) is 4.74 Å². The van der Waals surface area contributed by atoms with E-state index < -0.39 is 12.1 Å². The molecule has 0 aliphatic heterocycles. The Balaban J connectivity index is 1.87. The largest absolute Gasteiger partial charge is 0.450 e. The zero-order valence-electron chi connectivity index (χ0n) is 11.2. The van der Waals surface area contributed by atoms with Gasteiger partial charge in [0.15, 0.2) is 17.6 Å². The van der Waals surface area contributed by atoms with Crippen molar-refractivity contribution < 1.29 is 9.53 Å². The molecular weight excluding hydrogens is 340 g/mol. The summed E-state index contributed by atoms with van der Waals surface area (Å²) in [5.74, 6) is -0.0702. The van der Waals surface area contributed by atoms with Crippen LogP contribution >= 0.6 is 15.9 Å². The third-order valence-corrected chi connectivity index (χ3v) is 3.51. The van der Waals surface area contributed by atoms with E-state index in [0.29, 0.717) is 11.2 Å². The Morgan fingerprint density at radius 3 is 3.00 bits per heavy atom. The summed E-state index contributed by atoms with van der Waals surface area (Å²) >= 11 is 3.37. The number of hydrogen-bond acceptors (Lipinski definition) is 6. The molecule has 8 nitrogen and oxygen atoms in total. The Hall–Kier alpha value is -2.29. The molecule has 0 saturated carbocycles. The van der Waals surface area contributed by atoms with Crippen molar-refractivity contribution in [1.82, 2.24) is 30.4 Å². The summed E-state index contributed by atoms with van der Waals surface area (Å²) in [6, 6.07) is 5.51. The molecule has 1 N–H and O–H groups in total. The molecule has 1 aromatic carbocycles. The minimum Gasteiger partial charge on any atom is -0.450 e. The molecule has 0 spiro atoms. The number of nitrogens with one attached hydrogen (secondary N) is 1. The average Bonchev–Trinajstić information content (AvgIpc) is 3.04. The number of benzene rings is 1. The maximum absolute atomic E-state index is 12.3. The fraction of sp³-hybridized carbons (Fsp3) is 0.250. The van der Waals surface area contributed by atoms with Crippen LogP contribution in [0.2, 0.25) is 0 Å². The van der Waals surface area contributed by atoms with Crippen molar-refractivity contribution in [2.75, 3.05) is 0 Å². The molecule has 21 heavy (non-hydrogen) atoms. The van der Waals surface area contributed by atoms with E-state index in [0.717, 1.165) is 9.99 Å². The van der Waals surface area contributed by atoms with Crippen molar-refractivity contribution in [2.24, 2.45) is 7.05 Å². The molecule has 0 fully saturated rings. The summed E-state index contributed by atoms with van der Waals surface area (Å²) in [6.07, 6.45) is -0.573. The standard InChI is InChI=1S/C12H11BrN6O2/c1-6(11-16-17-18-19(11)2)21-12(20)10-8-5-7(13)3-4-9(8)14-15-10/h3-6H,1-2H3,(H,14,15). The number of tetrazole rings is 1. The van der Waals surface area contributed by atoms with Gasteiger partial charge >= 0.3 is 5.97 Å². The molecule has 108 valence electrons. The quantitative estimate of drug-likeness (QED) is 0.722. The Kier molecular flexibility index (Phi) is 3.42. The molecule has 3 aromatic rings. The molecule has 0 radical (unpaired) electrons. The van der Waals surface area contributed by atoms with Gasteiger partial charge in [0, 0.05) is 16.9 Å². The number of rotatable bonds is 3. The van der Waals surface area contributed by atoms with Crippen molar-refractivity contribution >= 4 is 32.8 Å². The second-order valence-corrected chi connectivity index (χ2v) is 5.39. The van der Waals surface area contributed by atoms with Crippen LogP contribution in [0.3, 0.4) is 0 Å². The number of aryl methyl sites for hydroxylation is 1. The van der Waals surface area contributed by atoms with E-state index in [-0.39, 0.29) is 5.69 Å². The highest BCUT2D eigenvalue weighted by Gasteiger charge is 2.22. The monoisotopic (exact) mass is 350 g/mol. The minimum absolute atomic E-state index is 0.230. The summed E-state index contributed by atoms with van der Waals surface area (Å²) in [6.45, 7) is 1.70. The lowest BCUT2D eigenvalue weighted by Gasteiger charge is -2.10. The zero-order chi connectivity index (χ0) is 15.0. The Bertz CT molecular complexity index is 811. The number of carbonyl (C=O) groups excluding carboxylic acids is 1. The molecule has 9 heteroatoms. The maximum atomic E-state index is 12.3. The van der Waals surface area contributed by atoms with E-state index >= 15 is 0 Å². The van der Waals surface area contributed by atoms with E-state index in [1.165, 1.54) is 4.68 Å². The van der Waals surface area contributed by atoms with Crippen molar-refractivity contribution in [3.8, 4) is 0 Å². The van der Waals surface area contributed by atoms with Crippen molar-refractivity contribution in [3.63, 3.8) is 0 Å². The van der Waals surface area contributed by atoms with Crippen LogP contribution in [0.25, 0.3) is 10.9 Å². The van der Waals surface area contributed by atoms with Gasteiger partial charge in [-0.1, -0.05) is 15.9 Å². The summed E-state index contributed by atoms with van der Waals surface area (Å²) in [5.41, 5.74) is 0.992. The number of esters is 1. The number of halogens is 1.